The molecule has 6 rings (SSSR count). The Morgan fingerprint density at radius 2 is 1.36 bits per heavy atom. The van der Waals surface area contributed by atoms with Crippen molar-refractivity contribution in [1.82, 2.24) is 0 Å². The number of carbonyl (C=O) groups is 2. The van der Waals surface area contributed by atoms with Crippen LogP contribution in [0.15, 0.2) is 29.8 Å². The fourth-order valence-corrected chi connectivity index (χ4v) is 12.2. The molecule has 8 atom stereocenters. The van der Waals surface area contributed by atoms with Crippen molar-refractivity contribution in [2.45, 2.75) is 112 Å². The first-order valence-corrected chi connectivity index (χ1v) is 19.6. The highest BCUT2D eigenvalue weighted by atomic mass is 35.5. The maximum absolute atomic E-state index is 12.1. The van der Waals surface area contributed by atoms with Crippen molar-refractivity contribution in [2.75, 3.05) is 0 Å². The Bertz CT molecular complexity index is 1630. The van der Waals surface area contributed by atoms with Crippen LogP contribution in [-0.4, -0.2) is 32.4 Å². The number of phenols is 2. The monoisotopic (exact) mass is 724 g/mol. The van der Waals surface area contributed by atoms with Crippen LogP contribution in [0, 0.1) is 52.3 Å². The topological polar surface area (TPSA) is 115 Å². The van der Waals surface area contributed by atoms with Gasteiger partial charge >= 0.3 is 11.9 Å². The summed E-state index contributed by atoms with van der Waals surface area (Å²) < 4.78 is 0. The van der Waals surface area contributed by atoms with Gasteiger partial charge in [0, 0.05) is 0 Å². The van der Waals surface area contributed by atoms with E-state index in [4.69, 9.17) is 23.2 Å². The third kappa shape index (κ3) is 6.46. The highest BCUT2D eigenvalue weighted by molar-refractivity contribution is 6.33. The summed E-state index contributed by atoms with van der Waals surface area (Å²) in [5, 5.41) is 40.5. The average Bonchev–Trinajstić information content (AvgIpc) is 3.41. The van der Waals surface area contributed by atoms with E-state index in [1.54, 1.807) is 12.1 Å². The second-order valence-corrected chi connectivity index (χ2v) is 18.0. The van der Waals surface area contributed by atoms with Crippen molar-refractivity contribution >= 4 is 40.7 Å². The first-order valence-electron chi connectivity index (χ1n) is 18.8. The molecule has 4 aliphatic rings. The highest BCUT2D eigenvalue weighted by Gasteiger charge is 2.60. The van der Waals surface area contributed by atoms with Gasteiger partial charge in [-0.15, -0.1) is 0 Å². The van der Waals surface area contributed by atoms with Gasteiger partial charge < -0.3 is 20.4 Å². The van der Waals surface area contributed by atoms with Crippen molar-refractivity contribution in [3.05, 3.63) is 62.1 Å². The van der Waals surface area contributed by atoms with E-state index in [-0.39, 0.29) is 26.6 Å². The number of aromatic hydroxyl groups is 2. The molecule has 4 aliphatic carbocycles. The lowest BCUT2D eigenvalue weighted by Crippen LogP contribution is -2.53. The largest absolute Gasteiger partial charge is 0.505 e. The van der Waals surface area contributed by atoms with E-state index in [0.29, 0.717) is 34.0 Å². The SMILES string of the molecule is CC(C)CCC[C@@H](C)[C@H]1CC[C@H]2C3CC[C@@H]4CC(=C(c5cc(Cl)c(O)c(C(=O)O)c5)c5cc(Cl)c(O)c(C(=O)O)c5)CC[C@]4(C)[C@H]3CC[C@]12C. The zero-order chi connectivity index (χ0) is 36.3. The van der Waals surface area contributed by atoms with E-state index in [1.165, 1.54) is 63.5 Å². The molecule has 6 nitrogen and oxygen atoms in total. The summed E-state index contributed by atoms with van der Waals surface area (Å²) in [6.07, 6.45) is 14.2. The first-order chi connectivity index (χ1) is 23.6. The van der Waals surface area contributed by atoms with Crippen molar-refractivity contribution in [3.63, 3.8) is 0 Å². The lowest BCUT2D eigenvalue weighted by molar-refractivity contribution is -0.108. The second-order valence-electron chi connectivity index (χ2n) is 17.2. The molecule has 0 amide bonds. The fourth-order valence-electron chi connectivity index (χ4n) is 11.7. The number of halogens is 2. The summed E-state index contributed by atoms with van der Waals surface area (Å²) in [6.45, 7) is 12.3. The van der Waals surface area contributed by atoms with Gasteiger partial charge in [-0.25, -0.2) is 9.59 Å². The molecule has 4 saturated carbocycles. The van der Waals surface area contributed by atoms with Crippen LogP contribution >= 0.6 is 23.2 Å². The number of aromatic carboxylic acids is 2. The predicted octanol–water partition coefficient (Wildman–Crippen LogP) is 11.7. The molecule has 2 aromatic carbocycles. The Morgan fingerprint density at radius 1 is 0.780 bits per heavy atom. The molecule has 1 unspecified atom stereocenters. The molecule has 0 aliphatic heterocycles. The number of benzene rings is 2. The van der Waals surface area contributed by atoms with Crippen LogP contribution in [-0.2, 0) is 0 Å². The Hall–Kier alpha value is -2.70. The number of rotatable bonds is 9. The van der Waals surface area contributed by atoms with Crippen molar-refractivity contribution in [2.24, 2.45) is 52.3 Å². The van der Waals surface area contributed by atoms with Crippen LogP contribution in [0.4, 0.5) is 0 Å². The summed E-state index contributed by atoms with van der Waals surface area (Å²) in [7, 11) is 0. The van der Waals surface area contributed by atoms with Crippen LogP contribution in [0.2, 0.25) is 10.0 Å². The van der Waals surface area contributed by atoms with Crippen LogP contribution < -0.4 is 0 Å². The Morgan fingerprint density at radius 3 is 1.92 bits per heavy atom. The molecular formula is C42H54Cl2O6. The van der Waals surface area contributed by atoms with Crippen LogP contribution in [0.5, 0.6) is 11.5 Å². The molecule has 0 aromatic heterocycles. The van der Waals surface area contributed by atoms with E-state index in [0.717, 1.165) is 60.8 Å². The smallest absolute Gasteiger partial charge is 0.339 e. The number of carboxylic acids is 2. The van der Waals surface area contributed by atoms with Gasteiger partial charge in [0.15, 0.2) is 0 Å². The Balaban J connectivity index is 1.33. The minimum Gasteiger partial charge on any atom is -0.505 e. The normalized spacial score (nSPS) is 31.1. The van der Waals surface area contributed by atoms with Gasteiger partial charge in [-0.05, 0) is 151 Å². The van der Waals surface area contributed by atoms with Gasteiger partial charge in [-0.1, -0.05) is 82.7 Å². The number of carboxylic acid groups (broad SMARTS) is 2. The Labute approximate surface area is 307 Å². The highest BCUT2D eigenvalue weighted by Crippen LogP contribution is 2.69. The zero-order valence-corrected chi connectivity index (χ0v) is 31.7. The first kappa shape index (κ1) is 37.1. The lowest BCUT2D eigenvalue weighted by Gasteiger charge is -2.61. The molecule has 8 heteroatoms. The molecule has 4 fully saturated rings. The summed E-state index contributed by atoms with van der Waals surface area (Å²) in [6, 6.07) is 5.89. The summed E-state index contributed by atoms with van der Waals surface area (Å²) in [4.78, 5) is 24.3. The van der Waals surface area contributed by atoms with E-state index < -0.39 is 23.4 Å². The van der Waals surface area contributed by atoms with Crippen molar-refractivity contribution in [1.29, 1.82) is 0 Å². The standard InChI is InChI=1S/C42H54Cl2O6/c1-22(2)7-6-8-23(3)31-11-12-32-28-10-9-27-17-24(13-15-41(27,4)33(28)14-16-42(31,32)5)36(25-18-29(39(47)48)37(45)34(43)20-25)26-19-30(40(49)50)38(46)35(44)21-26/h18-23,27-28,31-33,45-46H,6-17H2,1-5H3,(H,47,48)(H,49,50)/t23-,27-,28?,31-,32+,33+,41+,42-/m1/s1. The number of allylic oxidation sites excluding steroid dienone is 1. The molecule has 0 spiro atoms. The second kappa shape index (κ2) is 14.0. The molecule has 4 N–H and O–H groups in total. The Kier molecular flexibility index (Phi) is 10.4. The number of fused-ring (bicyclic) bond motifs is 5. The average molecular weight is 726 g/mol. The van der Waals surface area contributed by atoms with E-state index in [9.17, 15) is 30.0 Å². The molecule has 2 aromatic rings. The van der Waals surface area contributed by atoms with Gasteiger partial charge in [0.05, 0.1) is 10.0 Å². The summed E-state index contributed by atoms with van der Waals surface area (Å²) >= 11 is 12.8. The van der Waals surface area contributed by atoms with Gasteiger partial charge in [0.1, 0.15) is 22.6 Å². The third-order valence-electron chi connectivity index (χ3n) is 14.2. The molecule has 0 heterocycles. The van der Waals surface area contributed by atoms with Crippen LogP contribution in [0.1, 0.15) is 144 Å². The minimum absolute atomic E-state index is 0.100. The predicted molar refractivity (Wildman–Crippen MR) is 199 cm³/mol. The molecule has 0 bridgehead atoms. The molecule has 0 radical (unpaired) electrons. The summed E-state index contributed by atoms with van der Waals surface area (Å²) in [5.41, 5.74) is 2.66. The maximum Gasteiger partial charge on any atom is 0.339 e. The maximum atomic E-state index is 12.1. The van der Waals surface area contributed by atoms with Crippen molar-refractivity contribution in [3.8, 4) is 11.5 Å². The van der Waals surface area contributed by atoms with Gasteiger partial charge in [-0.2, -0.15) is 0 Å². The van der Waals surface area contributed by atoms with Crippen LogP contribution in [0.25, 0.3) is 5.57 Å². The van der Waals surface area contributed by atoms with Gasteiger partial charge in [0.2, 0.25) is 0 Å². The number of hydrogen-bond acceptors (Lipinski definition) is 4. The van der Waals surface area contributed by atoms with Gasteiger partial charge in [0.25, 0.3) is 0 Å². The third-order valence-corrected chi connectivity index (χ3v) is 14.8. The van der Waals surface area contributed by atoms with Crippen LogP contribution in [0.3, 0.4) is 0 Å². The molecule has 272 valence electrons. The minimum atomic E-state index is -1.32. The number of hydrogen-bond donors (Lipinski definition) is 4. The molecule has 0 saturated heterocycles. The molecule has 50 heavy (non-hydrogen) atoms. The van der Waals surface area contributed by atoms with E-state index in [2.05, 4.69) is 34.6 Å². The quantitative estimate of drug-likeness (QED) is 0.205. The summed E-state index contributed by atoms with van der Waals surface area (Å²) in [5.74, 6) is 1.33. The molecular weight excluding hydrogens is 671 g/mol. The fraction of sp³-hybridized carbons (Fsp3) is 0.619. The zero-order valence-electron chi connectivity index (χ0n) is 30.2. The van der Waals surface area contributed by atoms with Crippen molar-refractivity contribution < 1.29 is 30.0 Å². The van der Waals surface area contributed by atoms with Gasteiger partial charge in [-0.3, -0.25) is 0 Å². The van der Waals surface area contributed by atoms with E-state index >= 15 is 0 Å². The lowest BCUT2D eigenvalue weighted by atomic mass is 9.44. The van der Waals surface area contributed by atoms with E-state index in [1.807, 2.05) is 0 Å².